The summed E-state index contributed by atoms with van der Waals surface area (Å²) in [6, 6.07) is 9.60. The van der Waals surface area contributed by atoms with E-state index in [4.69, 9.17) is 0 Å². The zero-order valence-electron chi connectivity index (χ0n) is 12.0. The highest BCUT2D eigenvalue weighted by atomic mass is 32.2. The molecule has 3 rings (SSSR count). The Hall–Kier alpha value is -0.510. The summed E-state index contributed by atoms with van der Waals surface area (Å²) >= 11 is 2.08. The van der Waals surface area contributed by atoms with E-state index in [-0.39, 0.29) is 0 Å². The van der Waals surface area contributed by atoms with Crippen LogP contribution in [0.15, 0.2) is 29.2 Å². The van der Waals surface area contributed by atoms with Crippen LogP contribution in [0.5, 0.6) is 0 Å². The topological polar surface area (TPSA) is 6.48 Å². The molecule has 2 aliphatic heterocycles. The van der Waals surface area contributed by atoms with E-state index >= 15 is 0 Å². The maximum Gasteiger partial charge on any atom is 0.0263 e. The molecule has 1 atom stereocenters. The monoisotopic (exact) mass is 276 g/mol. The van der Waals surface area contributed by atoms with E-state index in [9.17, 15) is 0 Å². The van der Waals surface area contributed by atoms with E-state index in [1.165, 1.54) is 44.0 Å². The van der Waals surface area contributed by atoms with Gasteiger partial charge in [0, 0.05) is 48.9 Å². The van der Waals surface area contributed by atoms with Gasteiger partial charge in [0.05, 0.1) is 0 Å². The van der Waals surface area contributed by atoms with Crippen LogP contribution in [0.25, 0.3) is 0 Å². The molecule has 1 unspecified atom stereocenters. The Kier molecular flexibility index (Phi) is 4.15. The molecular weight excluding hydrogens is 252 g/mol. The minimum atomic E-state index is 0.701. The van der Waals surface area contributed by atoms with Crippen molar-refractivity contribution < 1.29 is 0 Å². The molecule has 2 nitrogen and oxygen atoms in total. The molecule has 0 radical (unpaired) electrons. The second-order valence-electron chi connectivity index (χ2n) is 5.98. The zero-order valence-corrected chi connectivity index (χ0v) is 12.8. The third-order valence-corrected chi connectivity index (χ3v) is 5.61. The summed E-state index contributed by atoms with van der Waals surface area (Å²) in [5.41, 5.74) is 1.55. The SMILES string of the molecule is CC(C)N1CCN(CC2Cc3ccccc3S2)CC1. The second kappa shape index (κ2) is 5.86. The molecular formula is C16H24N2S. The normalized spacial score (nSPS) is 24.9. The number of nitrogens with zero attached hydrogens (tertiary/aromatic N) is 2. The predicted octanol–water partition coefficient (Wildman–Crippen LogP) is 2.73. The Labute approximate surface area is 121 Å². The first kappa shape index (κ1) is 13.5. The van der Waals surface area contributed by atoms with Crippen molar-refractivity contribution in [3.05, 3.63) is 29.8 Å². The Bertz CT molecular complexity index is 400. The number of fused-ring (bicyclic) bond motifs is 1. The molecule has 1 aromatic carbocycles. The van der Waals surface area contributed by atoms with Gasteiger partial charge in [-0.2, -0.15) is 0 Å². The van der Waals surface area contributed by atoms with E-state index < -0.39 is 0 Å². The largest absolute Gasteiger partial charge is 0.300 e. The van der Waals surface area contributed by atoms with E-state index in [1.54, 1.807) is 5.56 Å². The molecule has 2 heterocycles. The molecule has 19 heavy (non-hydrogen) atoms. The standard InChI is InChI=1S/C16H24N2S/c1-13(2)18-9-7-17(8-10-18)12-15-11-14-5-3-4-6-16(14)19-15/h3-6,13,15H,7-12H2,1-2H3. The molecule has 1 fully saturated rings. The predicted molar refractivity (Wildman–Crippen MR) is 82.9 cm³/mol. The van der Waals surface area contributed by atoms with Gasteiger partial charge in [0.2, 0.25) is 0 Å². The minimum Gasteiger partial charge on any atom is -0.300 e. The van der Waals surface area contributed by atoms with Gasteiger partial charge in [0.15, 0.2) is 0 Å². The Balaban J connectivity index is 1.50. The molecule has 0 bridgehead atoms. The fourth-order valence-electron chi connectivity index (χ4n) is 3.11. The number of hydrogen-bond donors (Lipinski definition) is 0. The highest BCUT2D eigenvalue weighted by Gasteiger charge is 2.26. The van der Waals surface area contributed by atoms with Gasteiger partial charge in [-0.05, 0) is 31.9 Å². The van der Waals surface area contributed by atoms with E-state index in [1.807, 2.05) is 0 Å². The molecule has 0 amide bonds. The Morgan fingerprint density at radius 3 is 2.58 bits per heavy atom. The summed E-state index contributed by atoms with van der Waals surface area (Å²) in [4.78, 5) is 6.75. The fraction of sp³-hybridized carbons (Fsp3) is 0.625. The minimum absolute atomic E-state index is 0.701. The molecule has 0 aromatic heterocycles. The lowest BCUT2D eigenvalue weighted by atomic mass is 10.1. The van der Waals surface area contributed by atoms with Gasteiger partial charge in [-0.3, -0.25) is 9.80 Å². The van der Waals surface area contributed by atoms with Crippen LogP contribution in [-0.4, -0.2) is 53.8 Å². The van der Waals surface area contributed by atoms with Crippen LogP contribution in [0.3, 0.4) is 0 Å². The van der Waals surface area contributed by atoms with Crippen molar-refractivity contribution in [3.8, 4) is 0 Å². The van der Waals surface area contributed by atoms with Crippen LogP contribution >= 0.6 is 11.8 Å². The zero-order chi connectivity index (χ0) is 13.2. The van der Waals surface area contributed by atoms with Gasteiger partial charge < -0.3 is 0 Å². The molecule has 3 heteroatoms. The third kappa shape index (κ3) is 3.15. The van der Waals surface area contributed by atoms with Crippen LogP contribution in [0.4, 0.5) is 0 Å². The van der Waals surface area contributed by atoms with Crippen LogP contribution in [0.2, 0.25) is 0 Å². The lowest BCUT2D eigenvalue weighted by Gasteiger charge is -2.37. The van der Waals surface area contributed by atoms with Gasteiger partial charge in [-0.15, -0.1) is 11.8 Å². The maximum absolute atomic E-state index is 2.66. The van der Waals surface area contributed by atoms with Crippen LogP contribution < -0.4 is 0 Å². The van der Waals surface area contributed by atoms with Crippen LogP contribution in [0.1, 0.15) is 19.4 Å². The third-order valence-electron chi connectivity index (χ3n) is 4.31. The summed E-state index contributed by atoms with van der Waals surface area (Å²) in [7, 11) is 0. The average Bonchev–Trinajstić information content (AvgIpc) is 2.81. The molecule has 104 valence electrons. The van der Waals surface area contributed by atoms with Crippen LogP contribution in [0, 0.1) is 0 Å². The summed E-state index contributed by atoms with van der Waals surface area (Å²) in [5, 5.41) is 0.767. The molecule has 1 aromatic rings. The first-order valence-electron chi connectivity index (χ1n) is 7.43. The smallest absolute Gasteiger partial charge is 0.0263 e. The molecule has 0 saturated carbocycles. The van der Waals surface area contributed by atoms with Gasteiger partial charge in [-0.25, -0.2) is 0 Å². The van der Waals surface area contributed by atoms with Crippen LogP contribution in [-0.2, 0) is 6.42 Å². The van der Waals surface area contributed by atoms with Crippen molar-refractivity contribution >= 4 is 11.8 Å². The molecule has 0 N–H and O–H groups in total. The Morgan fingerprint density at radius 1 is 1.16 bits per heavy atom. The molecule has 0 aliphatic carbocycles. The fourth-order valence-corrected chi connectivity index (χ4v) is 4.47. The van der Waals surface area contributed by atoms with Crippen molar-refractivity contribution in [2.75, 3.05) is 32.7 Å². The summed E-state index contributed by atoms with van der Waals surface area (Å²) in [6.45, 7) is 10.8. The number of benzene rings is 1. The van der Waals surface area contributed by atoms with Crippen molar-refractivity contribution in [3.63, 3.8) is 0 Å². The molecule has 2 aliphatic rings. The van der Waals surface area contributed by atoms with E-state index in [2.05, 4.69) is 59.7 Å². The number of thioether (sulfide) groups is 1. The quantitative estimate of drug-likeness (QED) is 0.838. The number of piperazine rings is 1. The van der Waals surface area contributed by atoms with E-state index in [0.717, 1.165) is 5.25 Å². The first-order valence-corrected chi connectivity index (χ1v) is 8.31. The second-order valence-corrected chi connectivity index (χ2v) is 7.32. The summed E-state index contributed by atoms with van der Waals surface area (Å²) in [5.74, 6) is 0. The number of rotatable bonds is 3. The van der Waals surface area contributed by atoms with Gasteiger partial charge in [-0.1, -0.05) is 18.2 Å². The maximum atomic E-state index is 2.66. The molecule has 1 saturated heterocycles. The van der Waals surface area contributed by atoms with Gasteiger partial charge in [0.25, 0.3) is 0 Å². The van der Waals surface area contributed by atoms with Crippen molar-refractivity contribution in [2.24, 2.45) is 0 Å². The van der Waals surface area contributed by atoms with E-state index in [0.29, 0.717) is 6.04 Å². The van der Waals surface area contributed by atoms with Crippen molar-refractivity contribution in [1.82, 2.24) is 9.80 Å². The highest BCUT2D eigenvalue weighted by molar-refractivity contribution is 8.00. The average molecular weight is 276 g/mol. The van der Waals surface area contributed by atoms with Gasteiger partial charge in [0.1, 0.15) is 0 Å². The lowest BCUT2D eigenvalue weighted by Crippen LogP contribution is -2.50. The highest BCUT2D eigenvalue weighted by Crippen LogP contribution is 2.37. The first-order chi connectivity index (χ1) is 9.22. The Morgan fingerprint density at radius 2 is 1.89 bits per heavy atom. The summed E-state index contributed by atoms with van der Waals surface area (Å²) < 4.78 is 0. The number of hydrogen-bond acceptors (Lipinski definition) is 3. The summed E-state index contributed by atoms with van der Waals surface area (Å²) in [6.07, 6.45) is 1.26. The molecule has 0 spiro atoms. The lowest BCUT2D eigenvalue weighted by molar-refractivity contribution is 0.109. The van der Waals surface area contributed by atoms with Crippen molar-refractivity contribution in [2.45, 2.75) is 36.5 Å². The van der Waals surface area contributed by atoms with Gasteiger partial charge >= 0.3 is 0 Å². The van der Waals surface area contributed by atoms with Crippen molar-refractivity contribution in [1.29, 1.82) is 0 Å².